The van der Waals surface area contributed by atoms with E-state index in [1.165, 1.54) is 6.07 Å². The van der Waals surface area contributed by atoms with Crippen LogP contribution in [0.15, 0.2) is 29.3 Å². The molecule has 0 aliphatic heterocycles. The third-order valence-corrected chi connectivity index (χ3v) is 2.09. The Morgan fingerprint density at radius 3 is 2.80 bits per heavy atom. The summed E-state index contributed by atoms with van der Waals surface area (Å²) in [5, 5.41) is 0. The Labute approximate surface area is 97.1 Å². The van der Waals surface area contributed by atoms with Crippen LogP contribution in [-0.2, 0) is 0 Å². The largest absolute Gasteiger partial charge is 0.485 e. The van der Waals surface area contributed by atoms with Gasteiger partial charge < -0.3 is 10.5 Å². The van der Waals surface area contributed by atoms with Crippen molar-refractivity contribution in [2.45, 2.75) is 13.0 Å². The van der Waals surface area contributed by atoms with Gasteiger partial charge in [0.05, 0.1) is 0 Å². The number of rotatable bonds is 4. The van der Waals surface area contributed by atoms with E-state index in [4.69, 9.17) is 10.5 Å². The number of ether oxygens (including phenoxy) is 1. The summed E-state index contributed by atoms with van der Waals surface area (Å²) >= 11 is 3.13. The summed E-state index contributed by atoms with van der Waals surface area (Å²) < 4.78 is 19.3. The highest BCUT2D eigenvalue weighted by Gasteiger charge is 2.07. The number of hydrogen-bond acceptors (Lipinski definition) is 2. The molecule has 0 aliphatic rings. The van der Waals surface area contributed by atoms with E-state index in [2.05, 4.69) is 22.5 Å². The van der Waals surface area contributed by atoms with Crippen molar-refractivity contribution in [1.29, 1.82) is 0 Å². The Hall–Kier alpha value is -0.870. The van der Waals surface area contributed by atoms with Gasteiger partial charge in [-0.15, -0.1) is 0 Å². The summed E-state index contributed by atoms with van der Waals surface area (Å²) in [6.07, 6.45) is 0. The zero-order valence-corrected chi connectivity index (χ0v) is 10.1. The van der Waals surface area contributed by atoms with E-state index in [1.54, 1.807) is 19.1 Å². The second-order valence-electron chi connectivity index (χ2n) is 3.28. The molecule has 1 unspecified atom stereocenters. The molecule has 4 heteroatoms. The van der Waals surface area contributed by atoms with Gasteiger partial charge in [0.1, 0.15) is 6.61 Å². The molecule has 1 aromatic rings. The van der Waals surface area contributed by atoms with Gasteiger partial charge in [0.2, 0.25) is 0 Å². The van der Waals surface area contributed by atoms with E-state index in [0.29, 0.717) is 4.48 Å². The summed E-state index contributed by atoms with van der Waals surface area (Å²) in [6.45, 7) is 5.64. The van der Waals surface area contributed by atoms with E-state index in [-0.39, 0.29) is 18.4 Å². The Balaban J connectivity index is 2.79. The predicted molar refractivity (Wildman–Crippen MR) is 62.6 cm³/mol. The molecule has 2 N–H and O–H groups in total. The molecule has 0 aromatic heterocycles. The first-order valence-corrected chi connectivity index (χ1v) is 5.31. The van der Waals surface area contributed by atoms with Gasteiger partial charge in [-0.25, -0.2) is 4.39 Å². The smallest absolute Gasteiger partial charge is 0.165 e. The first kappa shape index (κ1) is 12.2. The SMILES string of the molecule is C=C(Br)COc1ccc(C(C)N)cc1F. The Morgan fingerprint density at radius 2 is 2.33 bits per heavy atom. The van der Waals surface area contributed by atoms with Crippen LogP contribution in [0.5, 0.6) is 5.75 Å². The fourth-order valence-corrected chi connectivity index (χ4v) is 1.19. The van der Waals surface area contributed by atoms with Crippen LogP contribution in [0.3, 0.4) is 0 Å². The first-order chi connectivity index (χ1) is 7.00. The van der Waals surface area contributed by atoms with Gasteiger partial charge >= 0.3 is 0 Å². The van der Waals surface area contributed by atoms with Crippen molar-refractivity contribution in [3.05, 3.63) is 40.6 Å². The van der Waals surface area contributed by atoms with Gasteiger partial charge in [-0.1, -0.05) is 28.6 Å². The molecule has 15 heavy (non-hydrogen) atoms. The van der Waals surface area contributed by atoms with Crippen molar-refractivity contribution < 1.29 is 9.13 Å². The highest BCUT2D eigenvalue weighted by Crippen LogP contribution is 2.21. The van der Waals surface area contributed by atoms with Crippen LogP contribution in [0.4, 0.5) is 4.39 Å². The summed E-state index contributed by atoms with van der Waals surface area (Å²) in [6, 6.07) is 4.53. The summed E-state index contributed by atoms with van der Waals surface area (Å²) in [7, 11) is 0. The summed E-state index contributed by atoms with van der Waals surface area (Å²) in [4.78, 5) is 0. The standard InChI is InChI=1S/C11H13BrFNO/c1-7(12)6-15-11-4-3-9(8(2)14)5-10(11)13/h3-5,8H,1,6,14H2,2H3. The molecule has 0 aliphatic carbocycles. The molecule has 82 valence electrons. The molecule has 0 spiro atoms. The molecule has 0 saturated heterocycles. The lowest BCUT2D eigenvalue weighted by molar-refractivity contribution is 0.339. The maximum atomic E-state index is 13.4. The zero-order valence-electron chi connectivity index (χ0n) is 8.47. The minimum Gasteiger partial charge on any atom is -0.485 e. The molecule has 1 rings (SSSR count). The fourth-order valence-electron chi connectivity index (χ4n) is 1.07. The Kier molecular flexibility index (Phi) is 4.29. The number of nitrogens with two attached hydrogens (primary N) is 1. The van der Waals surface area contributed by atoms with Gasteiger partial charge in [0.15, 0.2) is 11.6 Å². The van der Waals surface area contributed by atoms with Crippen LogP contribution in [0.2, 0.25) is 0 Å². The molecule has 0 saturated carbocycles. The highest BCUT2D eigenvalue weighted by molar-refractivity contribution is 9.11. The Morgan fingerprint density at radius 1 is 1.67 bits per heavy atom. The van der Waals surface area contributed by atoms with Crippen LogP contribution in [0.25, 0.3) is 0 Å². The van der Waals surface area contributed by atoms with Gasteiger partial charge in [-0.3, -0.25) is 0 Å². The summed E-state index contributed by atoms with van der Waals surface area (Å²) in [5.74, 6) is -0.196. The van der Waals surface area contributed by atoms with Crippen molar-refractivity contribution in [2.75, 3.05) is 6.61 Å². The van der Waals surface area contributed by atoms with Crippen molar-refractivity contribution in [1.82, 2.24) is 0 Å². The van der Waals surface area contributed by atoms with E-state index in [9.17, 15) is 4.39 Å². The van der Waals surface area contributed by atoms with E-state index >= 15 is 0 Å². The van der Waals surface area contributed by atoms with Crippen LogP contribution >= 0.6 is 15.9 Å². The molecule has 1 aromatic carbocycles. The molecule has 2 nitrogen and oxygen atoms in total. The molecule has 0 bridgehead atoms. The highest BCUT2D eigenvalue weighted by atomic mass is 79.9. The maximum absolute atomic E-state index is 13.4. The van der Waals surface area contributed by atoms with E-state index in [1.807, 2.05) is 0 Å². The lowest BCUT2D eigenvalue weighted by atomic mass is 10.1. The normalized spacial score (nSPS) is 12.3. The molecular formula is C11H13BrFNO. The van der Waals surface area contributed by atoms with Crippen molar-refractivity contribution >= 4 is 15.9 Å². The number of halogens is 2. The third kappa shape index (κ3) is 3.64. The quantitative estimate of drug-likeness (QED) is 0.915. The van der Waals surface area contributed by atoms with Gasteiger partial charge in [-0.2, -0.15) is 0 Å². The first-order valence-electron chi connectivity index (χ1n) is 4.52. The monoisotopic (exact) mass is 273 g/mol. The molecule has 0 heterocycles. The second-order valence-corrected chi connectivity index (χ2v) is 4.41. The second kappa shape index (κ2) is 5.28. The fraction of sp³-hybridized carbons (Fsp3) is 0.273. The molecule has 0 radical (unpaired) electrons. The maximum Gasteiger partial charge on any atom is 0.165 e. The molecule has 1 atom stereocenters. The van der Waals surface area contributed by atoms with Crippen LogP contribution < -0.4 is 10.5 Å². The van der Waals surface area contributed by atoms with Gasteiger partial charge in [0.25, 0.3) is 0 Å². The number of hydrogen-bond donors (Lipinski definition) is 1. The molecule has 0 amide bonds. The minimum absolute atomic E-state index is 0.181. The van der Waals surface area contributed by atoms with Crippen LogP contribution in [-0.4, -0.2) is 6.61 Å². The third-order valence-electron chi connectivity index (χ3n) is 1.87. The average Bonchev–Trinajstić information content (AvgIpc) is 2.15. The van der Waals surface area contributed by atoms with Crippen molar-refractivity contribution in [3.63, 3.8) is 0 Å². The topological polar surface area (TPSA) is 35.2 Å². The lowest BCUT2D eigenvalue weighted by Crippen LogP contribution is -2.06. The van der Waals surface area contributed by atoms with Crippen LogP contribution in [0, 0.1) is 5.82 Å². The average molecular weight is 274 g/mol. The summed E-state index contributed by atoms with van der Waals surface area (Å²) in [5.41, 5.74) is 6.37. The van der Waals surface area contributed by atoms with E-state index in [0.717, 1.165) is 5.56 Å². The predicted octanol–water partition coefficient (Wildman–Crippen LogP) is 3.13. The minimum atomic E-state index is -0.404. The number of benzene rings is 1. The van der Waals surface area contributed by atoms with E-state index < -0.39 is 5.82 Å². The lowest BCUT2D eigenvalue weighted by Gasteiger charge is -2.09. The zero-order chi connectivity index (χ0) is 11.4. The van der Waals surface area contributed by atoms with Crippen molar-refractivity contribution in [3.8, 4) is 5.75 Å². The van der Waals surface area contributed by atoms with Crippen LogP contribution in [0.1, 0.15) is 18.5 Å². The Bertz CT molecular complexity index is 366. The van der Waals surface area contributed by atoms with Crippen molar-refractivity contribution in [2.24, 2.45) is 5.73 Å². The molecular weight excluding hydrogens is 261 g/mol. The van der Waals surface area contributed by atoms with Gasteiger partial charge in [-0.05, 0) is 24.6 Å². The molecule has 0 fully saturated rings. The van der Waals surface area contributed by atoms with Gasteiger partial charge in [0, 0.05) is 10.5 Å².